The van der Waals surface area contributed by atoms with Crippen LogP contribution in [-0.2, 0) is 0 Å². The molecule has 4 heteroatoms. The molecule has 1 nitrogen and oxygen atoms in total. The topological polar surface area (TPSA) is 26.0 Å². The van der Waals surface area contributed by atoms with Crippen LogP contribution in [-0.4, -0.2) is 6.26 Å². The van der Waals surface area contributed by atoms with Crippen LogP contribution in [0, 0.1) is 11.6 Å². The minimum absolute atomic E-state index is 0.0885. The second-order valence-corrected chi connectivity index (χ2v) is 4.77. The van der Waals surface area contributed by atoms with Crippen molar-refractivity contribution in [2.24, 2.45) is 5.73 Å². The zero-order valence-electron chi connectivity index (χ0n) is 9.86. The quantitative estimate of drug-likeness (QED) is 0.856. The van der Waals surface area contributed by atoms with E-state index in [1.807, 2.05) is 18.4 Å². The van der Waals surface area contributed by atoms with Gasteiger partial charge in [-0.2, -0.15) is 0 Å². The van der Waals surface area contributed by atoms with Crippen molar-refractivity contribution < 1.29 is 8.78 Å². The molecule has 0 spiro atoms. The molecule has 0 amide bonds. The van der Waals surface area contributed by atoms with Crippen LogP contribution in [0.1, 0.15) is 17.2 Å². The van der Waals surface area contributed by atoms with Gasteiger partial charge in [-0.05, 0) is 36.1 Å². The van der Waals surface area contributed by atoms with Crippen LogP contribution >= 0.6 is 11.8 Å². The summed E-state index contributed by atoms with van der Waals surface area (Å²) < 4.78 is 27.2. The Balaban J connectivity index is 2.38. The molecule has 0 bridgehead atoms. The Morgan fingerprint density at radius 1 is 1.00 bits per heavy atom. The minimum Gasteiger partial charge on any atom is -0.320 e. The molecule has 1 unspecified atom stereocenters. The number of nitrogens with two attached hydrogens (primary N) is 1. The fourth-order valence-electron chi connectivity index (χ4n) is 1.79. The van der Waals surface area contributed by atoms with Gasteiger partial charge in [0.15, 0.2) is 0 Å². The highest BCUT2D eigenvalue weighted by Crippen LogP contribution is 2.26. The van der Waals surface area contributed by atoms with E-state index in [1.54, 1.807) is 23.9 Å². The molecule has 1 atom stereocenters. The smallest absolute Gasteiger partial charge is 0.131 e. The molecule has 0 aromatic heterocycles. The van der Waals surface area contributed by atoms with Crippen molar-refractivity contribution in [3.8, 4) is 0 Å². The molecule has 0 aliphatic rings. The Hall–Kier alpha value is -1.39. The lowest BCUT2D eigenvalue weighted by Gasteiger charge is -2.14. The lowest BCUT2D eigenvalue weighted by molar-refractivity contribution is 0.543. The van der Waals surface area contributed by atoms with Gasteiger partial charge in [0, 0.05) is 10.5 Å². The Kier molecular flexibility index (Phi) is 3.99. The summed E-state index contributed by atoms with van der Waals surface area (Å²) in [6, 6.07) is 10.3. The predicted octanol–water partition coefficient (Wildman–Crippen LogP) is 3.73. The molecule has 2 aromatic rings. The van der Waals surface area contributed by atoms with Gasteiger partial charge in [-0.25, -0.2) is 8.78 Å². The number of benzene rings is 2. The third-order valence-corrected chi connectivity index (χ3v) is 3.53. The van der Waals surface area contributed by atoms with Crippen LogP contribution in [0.2, 0.25) is 0 Å². The van der Waals surface area contributed by atoms with E-state index in [4.69, 9.17) is 5.73 Å². The maximum Gasteiger partial charge on any atom is 0.131 e. The van der Waals surface area contributed by atoms with Crippen molar-refractivity contribution in [3.05, 3.63) is 65.2 Å². The van der Waals surface area contributed by atoms with Gasteiger partial charge in [0.2, 0.25) is 0 Å². The van der Waals surface area contributed by atoms with E-state index in [-0.39, 0.29) is 5.56 Å². The van der Waals surface area contributed by atoms with E-state index in [0.717, 1.165) is 4.90 Å². The molecular weight excluding hydrogens is 252 g/mol. The van der Waals surface area contributed by atoms with Gasteiger partial charge in [-0.1, -0.05) is 18.2 Å². The maximum atomic E-state index is 13.6. The van der Waals surface area contributed by atoms with Crippen molar-refractivity contribution in [2.45, 2.75) is 10.9 Å². The van der Waals surface area contributed by atoms with Gasteiger partial charge in [0.25, 0.3) is 0 Å². The molecule has 0 radical (unpaired) electrons. The average Bonchev–Trinajstić information content (AvgIpc) is 2.38. The molecule has 2 N–H and O–H groups in total. The minimum atomic E-state index is -0.790. The first-order valence-corrected chi connectivity index (χ1v) is 6.69. The SMILES string of the molecule is CSc1ccc(C(N)c2c(F)cccc2F)cc1. The molecule has 2 aromatic carbocycles. The first kappa shape index (κ1) is 13.1. The van der Waals surface area contributed by atoms with Gasteiger partial charge in [-0.15, -0.1) is 11.8 Å². The highest BCUT2D eigenvalue weighted by Gasteiger charge is 2.17. The van der Waals surface area contributed by atoms with Crippen LogP contribution in [0.5, 0.6) is 0 Å². The van der Waals surface area contributed by atoms with Crippen molar-refractivity contribution >= 4 is 11.8 Å². The monoisotopic (exact) mass is 265 g/mol. The molecule has 0 aliphatic carbocycles. The number of thioether (sulfide) groups is 1. The van der Waals surface area contributed by atoms with Crippen molar-refractivity contribution in [1.82, 2.24) is 0 Å². The summed E-state index contributed by atoms with van der Waals surface area (Å²) in [4.78, 5) is 1.08. The molecular formula is C14H13F2NS. The van der Waals surface area contributed by atoms with Crippen LogP contribution in [0.15, 0.2) is 47.4 Å². The second kappa shape index (κ2) is 5.50. The van der Waals surface area contributed by atoms with E-state index >= 15 is 0 Å². The van der Waals surface area contributed by atoms with Crippen molar-refractivity contribution in [3.63, 3.8) is 0 Å². The Bertz CT molecular complexity index is 520. The Morgan fingerprint density at radius 3 is 2.06 bits per heavy atom. The first-order chi connectivity index (χ1) is 8.63. The summed E-state index contributed by atoms with van der Waals surface area (Å²) in [6.07, 6.45) is 1.96. The fourth-order valence-corrected chi connectivity index (χ4v) is 2.19. The number of halogens is 2. The van der Waals surface area contributed by atoms with Crippen LogP contribution in [0.3, 0.4) is 0 Å². The Morgan fingerprint density at radius 2 is 1.56 bits per heavy atom. The summed E-state index contributed by atoms with van der Waals surface area (Å²) in [7, 11) is 0. The molecule has 0 saturated heterocycles. The zero-order valence-corrected chi connectivity index (χ0v) is 10.7. The lowest BCUT2D eigenvalue weighted by Crippen LogP contribution is -2.15. The summed E-state index contributed by atoms with van der Waals surface area (Å²) in [5, 5.41) is 0. The highest BCUT2D eigenvalue weighted by molar-refractivity contribution is 7.98. The lowest BCUT2D eigenvalue weighted by atomic mass is 9.99. The molecule has 0 saturated carbocycles. The van der Waals surface area contributed by atoms with Crippen LogP contribution in [0.4, 0.5) is 8.78 Å². The van der Waals surface area contributed by atoms with E-state index in [0.29, 0.717) is 5.56 Å². The Labute approximate surface area is 109 Å². The van der Waals surface area contributed by atoms with E-state index in [2.05, 4.69) is 0 Å². The summed E-state index contributed by atoms with van der Waals surface area (Å²) >= 11 is 1.60. The van der Waals surface area contributed by atoms with Gasteiger partial charge < -0.3 is 5.73 Å². The first-order valence-electron chi connectivity index (χ1n) is 5.47. The molecule has 2 rings (SSSR count). The summed E-state index contributed by atoms with van der Waals surface area (Å²) in [6.45, 7) is 0. The van der Waals surface area contributed by atoms with Gasteiger partial charge >= 0.3 is 0 Å². The second-order valence-electron chi connectivity index (χ2n) is 3.89. The van der Waals surface area contributed by atoms with Crippen LogP contribution in [0.25, 0.3) is 0 Å². The third-order valence-electron chi connectivity index (χ3n) is 2.79. The number of hydrogen-bond acceptors (Lipinski definition) is 2. The largest absolute Gasteiger partial charge is 0.320 e. The summed E-state index contributed by atoms with van der Waals surface area (Å²) in [5.41, 5.74) is 6.53. The average molecular weight is 265 g/mol. The summed E-state index contributed by atoms with van der Waals surface area (Å²) in [5.74, 6) is -1.23. The normalized spacial score (nSPS) is 12.4. The zero-order chi connectivity index (χ0) is 13.1. The van der Waals surface area contributed by atoms with E-state index in [9.17, 15) is 8.78 Å². The molecule has 0 heterocycles. The van der Waals surface area contributed by atoms with Crippen molar-refractivity contribution in [2.75, 3.05) is 6.26 Å². The number of rotatable bonds is 3. The van der Waals surface area contributed by atoms with Gasteiger partial charge in [-0.3, -0.25) is 0 Å². The highest BCUT2D eigenvalue weighted by atomic mass is 32.2. The van der Waals surface area contributed by atoms with E-state index in [1.165, 1.54) is 18.2 Å². The maximum absolute atomic E-state index is 13.6. The standard InChI is InChI=1S/C14H13F2NS/c1-18-10-7-5-9(6-8-10)14(17)13-11(15)3-2-4-12(13)16/h2-8,14H,17H2,1H3. The predicted molar refractivity (Wildman–Crippen MR) is 70.6 cm³/mol. The fraction of sp³-hybridized carbons (Fsp3) is 0.143. The number of hydrogen-bond donors (Lipinski definition) is 1. The molecule has 94 valence electrons. The van der Waals surface area contributed by atoms with Crippen LogP contribution < -0.4 is 5.73 Å². The van der Waals surface area contributed by atoms with Gasteiger partial charge in [0.05, 0.1) is 6.04 Å². The third kappa shape index (κ3) is 2.54. The van der Waals surface area contributed by atoms with E-state index < -0.39 is 17.7 Å². The molecule has 0 aliphatic heterocycles. The van der Waals surface area contributed by atoms with Crippen molar-refractivity contribution in [1.29, 1.82) is 0 Å². The van der Waals surface area contributed by atoms with Gasteiger partial charge in [0.1, 0.15) is 11.6 Å². The molecule has 18 heavy (non-hydrogen) atoms. The molecule has 0 fully saturated rings.